The molecule has 1 aliphatic carbocycles. The van der Waals surface area contributed by atoms with E-state index >= 15 is 0 Å². The Kier molecular flexibility index (Phi) is 6.09. The Morgan fingerprint density at radius 1 is 1.21 bits per heavy atom. The zero-order valence-corrected chi connectivity index (χ0v) is 16.3. The average Bonchev–Trinajstić information content (AvgIpc) is 2.70. The van der Waals surface area contributed by atoms with Crippen molar-refractivity contribution >= 4 is 23.4 Å². The number of thioether (sulfide) groups is 1. The molecule has 0 aromatic heterocycles. The van der Waals surface area contributed by atoms with Crippen LogP contribution in [0.25, 0.3) is 0 Å². The first-order chi connectivity index (χ1) is 13.9. The first kappa shape index (κ1) is 20.7. The van der Waals surface area contributed by atoms with Crippen molar-refractivity contribution < 1.29 is 13.6 Å². The molecular weight excluding hydrogens is 396 g/mol. The third-order valence-corrected chi connectivity index (χ3v) is 6.18. The predicted octanol–water partition coefficient (Wildman–Crippen LogP) is 3.62. The minimum absolute atomic E-state index is 0.144. The van der Waals surface area contributed by atoms with Crippen LogP contribution in [0.2, 0.25) is 0 Å². The van der Waals surface area contributed by atoms with Gasteiger partial charge in [0.05, 0.1) is 39.8 Å². The van der Waals surface area contributed by atoms with Crippen LogP contribution < -0.4 is 16.4 Å². The number of allylic oxidation sites excluding steroid dienone is 2. The molecule has 0 saturated heterocycles. The molecule has 0 atom stereocenters. The van der Waals surface area contributed by atoms with Crippen molar-refractivity contribution in [3.8, 4) is 12.1 Å². The lowest BCUT2D eigenvalue weighted by Crippen LogP contribution is -2.39. The second kappa shape index (κ2) is 8.54. The van der Waals surface area contributed by atoms with Crippen molar-refractivity contribution in [1.82, 2.24) is 5.32 Å². The lowest BCUT2D eigenvalue weighted by Gasteiger charge is -2.40. The van der Waals surface area contributed by atoms with E-state index in [1.807, 2.05) is 0 Å². The summed E-state index contributed by atoms with van der Waals surface area (Å²) >= 11 is 1.05. The number of carbonyl (C=O) groups excluding carboxylic acids is 1. The summed E-state index contributed by atoms with van der Waals surface area (Å²) in [6, 6.07) is 7.14. The molecular formula is C20H19F2N5OS. The second-order valence-corrected chi connectivity index (χ2v) is 7.93. The van der Waals surface area contributed by atoms with Gasteiger partial charge < -0.3 is 16.4 Å². The van der Waals surface area contributed by atoms with Crippen LogP contribution in [0, 0.1) is 39.7 Å². The highest BCUT2D eigenvalue weighted by Gasteiger charge is 2.45. The standard InChI is InChI=1S/C20H19F2N5OS/c21-12-4-5-15(22)16(8-12)26-17(28)11-29-19-14(10-24)20(6-2-1-3-7-20)13(9-23)18(25)27-19/h4-5,8,27H,1-3,6-7,11,25H2,(H,26,28). The molecule has 150 valence electrons. The molecule has 29 heavy (non-hydrogen) atoms. The number of nitrogens with two attached hydrogens (primary N) is 1. The van der Waals surface area contributed by atoms with Gasteiger partial charge in [0.2, 0.25) is 5.91 Å². The van der Waals surface area contributed by atoms with Crippen molar-refractivity contribution in [2.45, 2.75) is 32.1 Å². The van der Waals surface area contributed by atoms with Gasteiger partial charge in [0.25, 0.3) is 0 Å². The third kappa shape index (κ3) is 4.06. The van der Waals surface area contributed by atoms with E-state index in [2.05, 4.69) is 22.8 Å². The van der Waals surface area contributed by atoms with Crippen LogP contribution in [0.1, 0.15) is 32.1 Å². The fourth-order valence-electron chi connectivity index (χ4n) is 3.85. The summed E-state index contributed by atoms with van der Waals surface area (Å²) in [5, 5.41) is 25.0. The predicted molar refractivity (Wildman–Crippen MR) is 106 cm³/mol. The SMILES string of the molecule is N#CC1=C(N)NC(SCC(=O)Nc2cc(F)ccc2F)=C(C#N)C12CCCCC2. The Hall–Kier alpha value is -3.04. The number of anilines is 1. The first-order valence-corrected chi connectivity index (χ1v) is 10.1. The largest absolute Gasteiger partial charge is 0.384 e. The molecule has 1 aromatic carbocycles. The molecule has 9 heteroatoms. The highest BCUT2D eigenvalue weighted by molar-refractivity contribution is 8.03. The number of halogens is 2. The molecule has 0 bridgehead atoms. The first-order valence-electron chi connectivity index (χ1n) is 9.11. The number of dihydropyridines is 1. The normalized spacial score (nSPS) is 18.1. The Morgan fingerprint density at radius 2 is 1.90 bits per heavy atom. The fourth-order valence-corrected chi connectivity index (χ4v) is 4.77. The van der Waals surface area contributed by atoms with Gasteiger partial charge in [-0.25, -0.2) is 8.78 Å². The lowest BCUT2D eigenvalue weighted by atomic mass is 9.64. The van der Waals surface area contributed by atoms with Crippen molar-refractivity contribution in [3.63, 3.8) is 0 Å². The quantitative estimate of drug-likeness (QED) is 0.692. The van der Waals surface area contributed by atoms with Gasteiger partial charge in [-0.3, -0.25) is 4.79 Å². The zero-order valence-electron chi connectivity index (χ0n) is 15.5. The van der Waals surface area contributed by atoms with Crippen LogP contribution in [-0.2, 0) is 4.79 Å². The molecule has 0 unspecified atom stereocenters. The van der Waals surface area contributed by atoms with E-state index in [4.69, 9.17) is 5.73 Å². The topological polar surface area (TPSA) is 115 Å². The highest BCUT2D eigenvalue weighted by Crippen LogP contribution is 2.51. The van der Waals surface area contributed by atoms with E-state index in [0.717, 1.165) is 49.2 Å². The summed E-state index contributed by atoms with van der Waals surface area (Å²) in [6.45, 7) is 0. The minimum Gasteiger partial charge on any atom is -0.384 e. The number of nitrogens with one attached hydrogen (secondary N) is 2. The molecule has 1 aliphatic heterocycles. The van der Waals surface area contributed by atoms with E-state index in [1.54, 1.807) is 0 Å². The molecule has 1 spiro atoms. The van der Waals surface area contributed by atoms with Crippen molar-refractivity contribution in [3.05, 3.63) is 51.8 Å². The molecule has 1 aromatic rings. The number of hydrogen-bond acceptors (Lipinski definition) is 6. The van der Waals surface area contributed by atoms with Crippen molar-refractivity contribution in [1.29, 1.82) is 10.5 Å². The molecule has 4 N–H and O–H groups in total. The van der Waals surface area contributed by atoms with Crippen LogP contribution in [-0.4, -0.2) is 11.7 Å². The van der Waals surface area contributed by atoms with Crippen molar-refractivity contribution in [2.24, 2.45) is 11.1 Å². The fraction of sp³-hybridized carbons (Fsp3) is 0.350. The summed E-state index contributed by atoms with van der Waals surface area (Å²) < 4.78 is 27.0. The number of benzene rings is 1. The Morgan fingerprint density at radius 3 is 2.55 bits per heavy atom. The second-order valence-electron chi connectivity index (χ2n) is 6.95. The maximum Gasteiger partial charge on any atom is 0.234 e. The number of hydrogen-bond donors (Lipinski definition) is 3. The van der Waals surface area contributed by atoms with E-state index in [1.165, 1.54) is 0 Å². The molecule has 1 fully saturated rings. The maximum absolute atomic E-state index is 13.7. The van der Waals surface area contributed by atoms with E-state index < -0.39 is 23.0 Å². The highest BCUT2D eigenvalue weighted by atomic mass is 32.2. The van der Waals surface area contributed by atoms with E-state index in [-0.39, 0.29) is 17.3 Å². The third-order valence-electron chi connectivity index (χ3n) is 5.18. The van der Waals surface area contributed by atoms with Gasteiger partial charge in [0.1, 0.15) is 17.5 Å². The number of rotatable bonds is 4. The summed E-state index contributed by atoms with van der Waals surface area (Å²) in [7, 11) is 0. The number of carbonyl (C=O) groups is 1. The van der Waals surface area contributed by atoms with Crippen LogP contribution in [0.15, 0.2) is 40.2 Å². The summed E-state index contributed by atoms with van der Waals surface area (Å²) in [5.41, 5.74) is 5.85. The number of amides is 1. The summed E-state index contributed by atoms with van der Waals surface area (Å²) in [6.07, 6.45) is 4.07. The van der Waals surface area contributed by atoms with Gasteiger partial charge in [0, 0.05) is 11.5 Å². The average molecular weight is 415 g/mol. The summed E-state index contributed by atoms with van der Waals surface area (Å²) in [5.74, 6) is -1.93. The van der Waals surface area contributed by atoms with E-state index in [0.29, 0.717) is 29.0 Å². The molecule has 6 nitrogen and oxygen atoms in total. The van der Waals surface area contributed by atoms with E-state index in [9.17, 15) is 24.1 Å². The van der Waals surface area contributed by atoms with Gasteiger partial charge in [-0.15, -0.1) is 0 Å². The molecule has 3 rings (SSSR count). The molecule has 1 amide bonds. The van der Waals surface area contributed by atoms with Gasteiger partial charge in [-0.05, 0) is 25.0 Å². The molecule has 1 saturated carbocycles. The lowest BCUT2D eigenvalue weighted by molar-refractivity contribution is -0.113. The molecule has 1 heterocycles. The van der Waals surface area contributed by atoms with Crippen LogP contribution in [0.4, 0.5) is 14.5 Å². The van der Waals surface area contributed by atoms with Crippen LogP contribution in [0.5, 0.6) is 0 Å². The monoisotopic (exact) mass is 415 g/mol. The van der Waals surface area contributed by atoms with Crippen LogP contribution in [0.3, 0.4) is 0 Å². The Bertz CT molecular complexity index is 984. The van der Waals surface area contributed by atoms with Gasteiger partial charge >= 0.3 is 0 Å². The van der Waals surface area contributed by atoms with Gasteiger partial charge in [-0.1, -0.05) is 31.0 Å². The van der Waals surface area contributed by atoms with Crippen molar-refractivity contribution in [2.75, 3.05) is 11.1 Å². The zero-order chi connectivity index (χ0) is 21.0. The smallest absolute Gasteiger partial charge is 0.234 e. The molecule has 2 aliphatic rings. The van der Waals surface area contributed by atoms with Gasteiger partial charge in [-0.2, -0.15) is 10.5 Å². The Balaban J connectivity index is 1.80. The Labute approximate surface area is 171 Å². The van der Waals surface area contributed by atoms with Crippen LogP contribution >= 0.6 is 11.8 Å². The maximum atomic E-state index is 13.7. The summed E-state index contributed by atoms with van der Waals surface area (Å²) in [4.78, 5) is 12.2. The minimum atomic E-state index is -0.746. The number of nitriles is 2. The number of nitrogens with zero attached hydrogens (tertiary/aromatic N) is 2. The van der Waals surface area contributed by atoms with Gasteiger partial charge in [0.15, 0.2) is 0 Å². The molecule has 0 radical (unpaired) electrons.